The second kappa shape index (κ2) is 11.5. The number of anilines is 2. The Kier molecular flexibility index (Phi) is 8.24. The number of nitrogen functional groups attached to an aromatic ring is 1. The molecule has 16 nitrogen and oxygen atoms in total. The Balaban J connectivity index is 1.66. The van der Waals surface area contributed by atoms with E-state index in [-0.39, 0.29) is 29.2 Å². The summed E-state index contributed by atoms with van der Waals surface area (Å²) in [6.07, 6.45) is 0.776. The van der Waals surface area contributed by atoms with E-state index in [2.05, 4.69) is 40.0 Å². The van der Waals surface area contributed by atoms with Gasteiger partial charge in [-0.05, 0) is 24.3 Å². The zero-order valence-electron chi connectivity index (χ0n) is 19.6. The fourth-order valence-electron chi connectivity index (χ4n) is 3.21. The SMILES string of the molecule is COC(=O)C(CC(C(=O)OC)[N+](=O)[O-])NC(=O)c1ccc(NCc2cnc3nc(N)[nH]c(=O)c3n2)cc1. The van der Waals surface area contributed by atoms with E-state index < -0.39 is 46.8 Å². The molecule has 0 spiro atoms. The van der Waals surface area contributed by atoms with Crippen molar-refractivity contribution in [3.05, 3.63) is 62.2 Å². The number of nitrogens with one attached hydrogen (secondary N) is 3. The molecule has 0 saturated heterocycles. The van der Waals surface area contributed by atoms with Crippen LogP contribution in [0, 0.1) is 10.1 Å². The first kappa shape index (κ1) is 26.5. The van der Waals surface area contributed by atoms with E-state index in [1.54, 1.807) is 12.1 Å². The van der Waals surface area contributed by atoms with E-state index in [9.17, 15) is 29.3 Å². The van der Waals surface area contributed by atoms with Crippen molar-refractivity contribution < 1.29 is 28.8 Å². The molecule has 2 atom stereocenters. The number of hydrogen-bond acceptors (Lipinski definition) is 13. The van der Waals surface area contributed by atoms with Crippen molar-refractivity contribution in [2.75, 3.05) is 25.3 Å². The number of esters is 2. The van der Waals surface area contributed by atoms with Crippen molar-refractivity contribution in [3.8, 4) is 0 Å². The van der Waals surface area contributed by atoms with Crippen molar-refractivity contribution in [1.29, 1.82) is 0 Å². The second-order valence-electron chi connectivity index (χ2n) is 7.52. The normalized spacial score (nSPS) is 12.3. The number of ether oxygens (including phenoxy) is 2. The van der Waals surface area contributed by atoms with E-state index in [0.717, 1.165) is 14.2 Å². The van der Waals surface area contributed by atoms with Crippen LogP contribution in [0.2, 0.25) is 0 Å². The third-order valence-corrected chi connectivity index (χ3v) is 5.08. The number of amides is 1. The molecular formula is C21H22N8O8. The zero-order chi connectivity index (χ0) is 27.1. The molecule has 0 radical (unpaired) electrons. The molecule has 37 heavy (non-hydrogen) atoms. The van der Waals surface area contributed by atoms with Crippen LogP contribution in [-0.4, -0.2) is 69.0 Å². The lowest BCUT2D eigenvalue weighted by atomic mass is 10.1. The van der Waals surface area contributed by atoms with Crippen molar-refractivity contribution in [3.63, 3.8) is 0 Å². The zero-order valence-corrected chi connectivity index (χ0v) is 19.6. The van der Waals surface area contributed by atoms with E-state index in [1.807, 2.05) is 0 Å². The maximum atomic E-state index is 12.6. The van der Waals surface area contributed by atoms with Gasteiger partial charge in [-0.2, -0.15) is 4.98 Å². The summed E-state index contributed by atoms with van der Waals surface area (Å²) in [7, 11) is 2.02. The average Bonchev–Trinajstić information content (AvgIpc) is 2.88. The van der Waals surface area contributed by atoms with Crippen LogP contribution in [0.3, 0.4) is 0 Å². The van der Waals surface area contributed by atoms with Gasteiger partial charge in [0.2, 0.25) is 5.95 Å². The summed E-state index contributed by atoms with van der Waals surface area (Å²) in [5, 5.41) is 16.6. The standard InChI is InChI=1S/C21H22N8O8/c1-36-19(32)13(7-14(29(34)35)20(33)37-2)26-17(30)10-3-5-11(6-4-10)23-8-12-9-24-16-15(25-12)18(31)28-21(22)27-16/h3-6,9,13-14,23H,7-8H2,1-2H3,(H,26,30)(H3,22,24,27,28,31). The second-order valence-corrected chi connectivity index (χ2v) is 7.52. The smallest absolute Gasteiger partial charge is 0.381 e. The predicted octanol–water partition coefficient (Wildman–Crippen LogP) is -0.613. The molecule has 3 aromatic rings. The quantitative estimate of drug-likeness (QED) is 0.150. The first-order valence-electron chi connectivity index (χ1n) is 10.6. The first-order chi connectivity index (χ1) is 17.6. The van der Waals surface area contributed by atoms with Crippen molar-refractivity contribution in [2.24, 2.45) is 0 Å². The average molecular weight is 514 g/mol. The molecule has 1 amide bonds. The highest BCUT2D eigenvalue weighted by atomic mass is 16.6. The lowest BCUT2D eigenvalue weighted by molar-refractivity contribution is -0.511. The Labute approximate surface area is 207 Å². The number of fused-ring (bicyclic) bond motifs is 1. The third kappa shape index (κ3) is 6.50. The Bertz CT molecular complexity index is 1390. The van der Waals surface area contributed by atoms with Crippen molar-refractivity contribution >= 4 is 40.6 Å². The number of aromatic nitrogens is 4. The molecule has 0 aliphatic carbocycles. The molecule has 0 bridgehead atoms. The topological polar surface area (TPSA) is 234 Å². The number of carbonyl (C=O) groups excluding carboxylic acids is 3. The monoisotopic (exact) mass is 514 g/mol. The molecule has 2 heterocycles. The van der Waals surface area contributed by atoms with Crippen LogP contribution in [0.1, 0.15) is 22.5 Å². The van der Waals surface area contributed by atoms with Crippen LogP contribution in [0.25, 0.3) is 11.2 Å². The molecule has 1 aromatic carbocycles. The summed E-state index contributed by atoms with van der Waals surface area (Å²) in [6, 6.07) is 2.69. The molecule has 0 saturated carbocycles. The molecule has 2 unspecified atom stereocenters. The van der Waals surface area contributed by atoms with E-state index in [1.165, 1.54) is 18.3 Å². The molecule has 0 fully saturated rings. The number of benzene rings is 1. The van der Waals surface area contributed by atoms with Crippen LogP contribution in [0.4, 0.5) is 11.6 Å². The van der Waals surface area contributed by atoms with Gasteiger partial charge in [0, 0.05) is 16.2 Å². The fraction of sp³-hybridized carbons (Fsp3) is 0.286. The lowest BCUT2D eigenvalue weighted by Gasteiger charge is -2.18. The summed E-state index contributed by atoms with van der Waals surface area (Å²) in [5.74, 6) is -2.92. The van der Waals surface area contributed by atoms with Gasteiger partial charge in [0.05, 0.1) is 39.1 Å². The molecule has 5 N–H and O–H groups in total. The minimum Gasteiger partial charge on any atom is -0.467 e. The van der Waals surface area contributed by atoms with Crippen LogP contribution >= 0.6 is 0 Å². The number of hydrogen-bond donors (Lipinski definition) is 4. The minimum absolute atomic E-state index is 0.0344. The number of H-pyrrole nitrogens is 1. The lowest BCUT2D eigenvalue weighted by Crippen LogP contribution is -2.46. The minimum atomic E-state index is -1.87. The van der Waals surface area contributed by atoms with Gasteiger partial charge in [0.25, 0.3) is 11.5 Å². The predicted molar refractivity (Wildman–Crippen MR) is 127 cm³/mol. The molecule has 0 aliphatic heterocycles. The van der Waals surface area contributed by atoms with E-state index in [4.69, 9.17) is 5.73 Å². The number of carbonyl (C=O) groups is 3. The van der Waals surface area contributed by atoms with Crippen LogP contribution in [0.15, 0.2) is 35.3 Å². The maximum Gasteiger partial charge on any atom is 0.381 e. The number of nitrogens with two attached hydrogens (primary N) is 1. The molecule has 3 rings (SSSR count). The number of nitro groups is 1. The summed E-state index contributed by atoms with van der Waals surface area (Å²) in [5.41, 5.74) is 6.28. The maximum absolute atomic E-state index is 12.6. The van der Waals surface area contributed by atoms with Crippen molar-refractivity contribution in [2.45, 2.75) is 25.0 Å². The Hall–Kier alpha value is -5.15. The van der Waals surface area contributed by atoms with Gasteiger partial charge in [-0.1, -0.05) is 0 Å². The van der Waals surface area contributed by atoms with Gasteiger partial charge in [-0.15, -0.1) is 0 Å². The van der Waals surface area contributed by atoms with E-state index >= 15 is 0 Å². The highest BCUT2D eigenvalue weighted by Crippen LogP contribution is 2.13. The van der Waals surface area contributed by atoms with Gasteiger partial charge in [-0.25, -0.2) is 19.6 Å². The summed E-state index contributed by atoms with van der Waals surface area (Å²) >= 11 is 0. The highest BCUT2D eigenvalue weighted by molar-refractivity contribution is 5.97. The summed E-state index contributed by atoms with van der Waals surface area (Å²) < 4.78 is 8.99. The molecule has 2 aromatic heterocycles. The van der Waals surface area contributed by atoms with Gasteiger partial charge in [0.15, 0.2) is 11.2 Å². The Morgan fingerprint density at radius 2 is 1.81 bits per heavy atom. The molecular weight excluding hydrogens is 492 g/mol. The van der Waals surface area contributed by atoms with Gasteiger partial charge < -0.3 is 25.8 Å². The first-order valence-corrected chi connectivity index (χ1v) is 10.6. The Morgan fingerprint density at radius 1 is 1.14 bits per heavy atom. The number of methoxy groups -OCH3 is 2. The third-order valence-electron chi connectivity index (χ3n) is 5.08. The fourth-order valence-corrected chi connectivity index (χ4v) is 3.21. The Morgan fingerprint density at radius 3 is 2.43 bits per heavy atom. The van der Waals surface area contributed by atoms with Crippen molar-refractivity contribution in [1.82, 2.24) is 25.3 Å². The number of aromatic amines is 1. The van der Waals surface area contributed by atoms with E-state index in [0.29, 0.717) is 11.4 Å². The molecule has 194 valence electrons. The van der Waals surface area contributed by atoms with Gasteiger partial charge >= 0.3 is 18.0 Å². The number of rotatable bonds is 10. The van der Waals surface area contributed by atoms with Gasteiger partial charge in [0.1, 0.15) is 6.04 Å². The number of nitrogens with zero attached hydrogens (tertiary/aromatic N) is 4. The molecule has 0 aliphatic rings. The summed E-state index contributed by atoms with van der Waals surface area (Å²) in [6.45, 7) is 0.193. The largest absolute Gasteiger partial charge is 0.467 e. The van der Waals surface area contributed by atoms with Crippen LogP contribution in [0.5, 0.6) is 0 Å². The highest BCUT2D eigenvalue weighted by Gasteiger charge is 2.37. The van der Waals surface area contributed by atoms with Gasteiger partial charge in [-0.3, -0.25) is 24.7 Å². The van der Waals surface area contributed by atoms with Crippen LogP contribution < -0.4 is 21.9 Å². The molecule has 16 heteroatoms. The van der Waals surface area contributed by atoms with Crippen LogP contribution in [-0.2, 0) is 25.6 Å². The summed E-state index contributed by atoms with van der Waals surface area (Å²) in [4.78, 5) is 73.2.